The van der Waals surface area contributed by atoms with Gasteiger partial charge in [-0.15, -0.1) is 0 Å². The highest BCUT2D eigenvalue weighted by Gasteiger charge is 2.23. The highest BCUT2D eigenvalue weighted by atomic mass is 35.5. The van der Waals surface area contributed by atoms with E-state index in [4.69, 9.17) is 11.6 Å². The number of rotatable bonds is 8. The Morgan fingerprint density at radius 2 is 1.53 bits per heavy atom. The van der Waals surface area contributed by atoms with Crippen LogP contribution in [0.25, 0.3) is 0 Å². The summed E-state index contributed by atoms with van der Waals surface area (Å²) in [7, 11) is -4.69. The zero-order valence-electron chi connectivity index (χ0n) is 17.1. The summed E-state index contributed by atoms with van der Waals surface area (Å²) in [6.07, 6.45) is 0. The number of carbonyl (C=O) groups excluding carboxylic acids is 1. The fourth-order valence-electron chi connectivity index (χ4n) is 2.69. The molecule has 2 aromatic rings. The normalized spacial score (nSPS) is 12.4. The molecule has 0 aliphatic carbocycles. The van der Waals surface area contributed by atoms with E-state index in [1.165, 1.54) is 60.9 Å². The molecule has 2 rings (SSSR count). The van der Waals surface area contributed by atoms with E-state index in [2.05, 4.69) is 5.32 Å². The van der Waals surface area contributed by atoms with Gasteiger partial charge in [-0.25, -0.2) is 21.1 Å². The monoisotopic (exact) mass is 473 g/mol. The molecular formula is C19H24ClN3O5S2. The third-order valence-corrected chi connectivity index (χ3v) is 8.58. The van der Waals surface area contributed by atoms with Crippen LogP contribution in [0.4, 0.5) is 5.69 Å². The van der Waals surface area contributed by atoms with Gasteiger partial charge in [0.25, 0.3) is 5.91 Å². The predicted molar refractivity (Wildman–Crippen MR) is 117 cm³/mol. The second-order valence-electron chi connectivity index (χ2n) is 6.50. The summed E-state index contributed by atoms with van der Waals surface area (Å²) in [5, 5.41) is 2.65. The summed E-state index contributed by atoms with van der Waals surface area (Å²) in [6, 6.07) is 9.66. The lowest BCUT2D eigenvalue weighted by molar-refractivity contribution is 0.102. The second-order valence-corrected chi connectivity index (χ2v) is 11.0. The van der Waals surface area contributed by atoms with Gasteiger partial charge in [-0.3, -0.25) is 4.79 Å². The van der Waals surface area contributed by atoms with Crippen LogP contribution in [0.15, 0.2) is 52.3 Å². The molecule has 0 aliphatic rings. The lowest BCUT2D eigenvalue weighted by atomic mass is 10.2. The second kappa shape index (κ2) is 9.44. The van der Waals surface area contributed by atoms with E-state index in [9.17, 15) is 21.6 Å². The third kappa shape index (κ3) is 5.01. The van der Waals surface area contributed by atoms with Crippen LogP contribution < -0.4 is 5.32 Å². The van der Waals surface area contributed by atoms with E-state index in [0.717, 1.165) is 4.31 Å². The molecule has 0 aromatic heterocycles. The Kier molecular flexibility index (Phi) is 7.64. The first-order valence-corrected chi connectivity index (χ1v) is 12.3. The van der Waals surface area contributed by atoms with E-state index >= 15 is 0 Å². The van der Waals surface area contributed by atoms with Crippen molar-refractivity contribution in [2.75, 3.05) is 32.5 Å². The fourth-order valence-corrected chi connectivity index (χ4v) is 5.33. The predicted octanol–water partition coefficient (Wildman–Crippen LogP) is 2.87. The van der Waals surface area contributed by atoms with Crippen molar-refractivity contribution in [3.63, 3.8) is 0 Å². The minimum absolute atomic E-state index is 0.0408. The van der Waals surface area contributed by atoms with Gasteiger partial charge in [-0.1, -0.05) is 31.5 Å². The number of halogens is 1. The average molecular weight is 474 g/mol. The number of anilines is 1. The van der Waals surface area contributed by atoms with Crippen LogP contribution in [0.5, 0.6) is 0 Å². The molecule has 0 aliphatic heterocycles. The van der Waals surface area contributed by atoms with Crippen molar-refractivity contribution in [2.24, 2.45) is 0 Å². The Morgan fingerprint density at radius 3 is 2.10 bits per heavy atom. The maximum absolute atomic E-state index is 12.7. The molecule has 0 saturated heterocycles. The number of hydrogen-bond acceptors (Lipinski definition) is 5. The Hall–Kier alpha value is -1.98. The van der Waals surface area contributed by atoms with Crippen molar-refractivity contribution in [1.82, 2.24) is 8.61 Å². The minimum Gasteiger partial charge on any atom is -0.322 e. The largest absolute Gasteiger partial charge is 0.322 e. The van der Waals surface area contributed by atoms with Crippen LogP contribution in [0.3, 0.4) is 0 Å². The highest BCUT2D eigenvalue weighted by Crippen LogP contribution is 2.24. The van der Waals surface area contributed by atoms with Gasteiger partial charge < -0.3 is 5.32 Å². The lowest BCUT2D eigenvalue weighted by Crippen LogP contribution is -2.30. The maximum atomic E-state index is 12.7. The van der Waals surface area contributed by atoms with Crippen molar-refractivity contribution >= 4 is 43.2 Å². The Morgan fingerprint density at radius 1 is 0.933 bits per heavy atom. The van der Waals surface area contributed by atoms with E-state index < -0.39 is 26.0 Å². The number of carbonyl (C=O) groups is 1. The third-order valence-electron chi connectivity index (χ3n) is 4.40. The molecule has 0 heterocycles. The molecule has 2 aromatic carbocycles. The minimum atomic E-state index is -3.75. The van der Waals surface area contributed by atoms with Gasteiger partial charge in [0.15, 0.2) is 0 Å². The van der Waals surface area contributed by atoms with Crippen LogP contribution in [0.2, 0.25) is 5.02 Å². The summed E-state index contributed by atoms with van der Waals surface area (Å²) in [5.74, 6) is -0.659. The first-order valence-electron chi connectivity index (χ1n) is 9.08. The van der Waals surface area contributed by atoms with Gasteiger partial charge in [0.05, 0.1) is 20.4 Å². The van der Waals surface area contributed by atoms with Gasteiger partial charge in [0.1, 0.15) is 0 Å². The SMILES string of the molecule is CCN(CC)S(=O)(=O)c1cccc(NC(=O)c2cc(S(=O)(=O)N(C)C)ccc2Cl)c1. The van der Waals surface area contributed by atoms with Crippen LogP contribution >= 0.6 is 11.6 Å². The van der Waals surface area contributed by atoms with Crippen molar-refractivity contribution in [3.8, 4) is 0 Å². The van der Waals surface area contributed by atoms with E-state index in [-0.39, 0.29) is 26.1 Å². The number of nitrogens with one attached hydrogen (secondary N) is 1. The standard InChI is InChI=1S/C19H24ClN3O5S2/c1-5-23(6-2)30(27,28)15-9-7-8-14(12-15)21-19(24)17-13-16(10-11-18(17)20)29(25,26)22(3)4/h7-13H,5-6H2,1-4H3,(H,21,24). The molecule has 0 radical (unpaired) electrons. The molecule has 164 valence electrons. The molecule has 0 unspecified atom stereocenters. The zero-order valence-corrected chi connectivity index (χ0v) is 19.5. The maximum Gasteiger partial charge on any atom is 0.257 e. The Labute approximate surface area is 182 Å². The first kappa shape index (κ1) is 24.3. The van der Waals surface area contributed by atoms with Gasteiger partial charge in [0.2, 0.25) is 20.0 Å². The fraction of sp³-hybridized carbons (Fsp3) is 0.316. The molecule has 1 amide bonds. The van der Waals surface area contributed by atoms with Crippen molar-refractivity contribution < 1.29 is 21.6 Å². The van der Waals surface area contributed by atoms with E-state index in [1.54, 1.807) is 13.8 Å². The van der Waals surface area contributed by atoms with Crippen LogP contribution in [-0.4, -0.2) is 58.5 Å². The number of benzene rings is 2. The average Bonchev–Trinajstić information content (AvgIpc) is 2.68. The summed E-state index contributed by atoms with van der Waals surface area (Å²) in [4.78, 5) is 12.7. The van der Waals surface area contributed by atoms with Crippen molar-refractivity contribution in [3.05, 3.63) is 53.1 Å². The molecule has 1 N–H and O–H groups in total. The van der Waals surface area contributed by atoms with Crippen LogP contribution in [-0.2, 0) is 20.0 Å². The molecule has 30 heavy (non-hydrogen) atoms. The van der Waals surface area contributed by atoms with Crippen molar-refractivity contribution in [1.29, 1.82) is 0 Å². The lowest BCUT2D eigenvalue weighted by Gasteiger charge is -2.19. The summed E-state index contributed by atoms with van der Waals surface area (Å²) >= 11 is 6.10. The molecule has 0 bridgehead atoms. The smallest absolute Gasteiger partial charge is 0.257 e. The Bertz CT molecular complexity index is 1140. The molecular weight excluding hydrogens is 450 g/mol. The van der Waals surface area contributed by atoms with Gasteiger partial charge in [-0.2, -0.15) is 4.31 Å². The van der Waals surface area contributed by atoms with Gasteiger partial charge >= 0.3 is 0 Å². The number of hydrogen-bond donors (Lipinski definition) is 1. The number of sulfonamides is 2. The summed E-state index contributed by atoms with van der Waals surface area (Å²) < 4.78 is 52.4. The molecule has 0 fully saturated rings. The van der Waals surface area contributed by atoms with Crippen molar-refractivity contribution in [2.45, 2.75) is 23.6 Å². The van der Waals surface area contributed by atoms with Crippen LogP contribution in [0.1, 0.15) is 24.2 Å². The summed E-state index contributed by atoms with van der Waals surface area (Å²) in [6.45, 7) is 4.11. The number of nitrogens with zero attached hydrogens (tertiary/aromatic N) is 2. The molecule has 0 atom stereocenters. The molecule has 8 nitrogen and oxygen atoms in total. The molecule has 0 spiro atoms. The van der Waals surface area contributed by atoms with E-state index in [1.807, 2.05) is 0 Å². The number of amides is 1. The highest BCUT2D eigenvalue weighted by molar-refractivity contribution is 7.89. The van der Waals surface area contributed by atoms with E-state index in [0.29, 0.717) is 13.1 Å². The van der Waals surface area contributed by atoms with Crippen LogP contribution in [0, 0.1) is 0 Å². The quantitative estimate of drug-likeness (QED) is 0.634. The molecule has 11 heteroatoms. The molecule has 0 saturated carbocycles. The summed E-state index contributed by atoms with van der Waals surface area (Å²) in [5.41, 5.74) is 0.196. The zero-order chi connectivity index (χ0) is 22.7. The Balaban J connectivity index is 2.38. The van der Waals surface area contributed by atoms with Gasteiger partial charge in [0, 0.05) is 32.9 Å². The first-order chi connectivity index (χ1) is 13.9. The topological polar surface area (TPSA) is 104 Å². The van der Waals surface area contributed by atoms with Gasteiger partial charge in [-0.05, 0) is 36.4 Å².